The topological polar surface area (TPSA) is 54.0 Å². The van der Waals surface area contributed by atoms with Crippen LogP contribution in [0.4, 0.5) is 0 Å². The Kier molecular flexibility index (Phi) is 37.4. The molecule has 2 aliphatic carbocycles. The Morgan fingerprint density at radius 2 is 1.30 bits per heavy atom. The van der Waals surface area contributed by atoms with E-state index in [0.717, 1.165) is 27.2 Å². The first-order valence-corrected chi connectivity index (χ1v) is 71.3. The molecule has 5 nitrogen and oxygen atoms in total. The second-order valence-corrected chi connectivity index (χ2v) is 121. The van der Waals surface area contributed by atoms with Gasteiger partial charge in [-0.15, -0.1) is 141 Å². The summed E-state index contributed by atoms with van der Waals surface area (Å²) in [6.07, 6.45) is 3.42. The molecule has 2 rings (SSSR count). The van der Waals surface area contributed by atoms with Gasteiger partial charge < -0.3 is 18.1 Å². The predicted octanol–water partition coefficient (Wildman–Crippen LogP) is 21.6. The molecular formula is C20H64O5P32. The SMILES string of the molecule is C=CCC[C@H](OP(P(P)P)P(P)P)[C@@]1(C)C[C@@H](OP(P(P)P)P(PP)P(P)P)C2=C(C)[C@@H](OP(P(P)P(P)P)P(P(P)P)P(P)P)CC([C@@H](OPP)C1=O)C2(C)C. The van der Waals surface area contributed by atoms with Crippen molar-refractivity contribution in [2.24, 2.45) is 16.7 Å². The molecule has 57 heavy (non-hydrogen) atoms. The highest BCUT2D eigenvalue weighted by Gasteiger charge is 2.59. The maximum Gasteiger partial charge on any atom is 0.170 e. The van der Waals surface area contributed by atoms with Gasteiger partial charge in [-0.2, -0.15) is 0 Å². The van der Waals surface area contributed by atoms with Gasteiger partial charge in [0.05, 0.1) is 46.3 Å². The maximum absolute atomic E-state index is 15.9. The lowest BCUT2D eigenvalue weighted by molar-refractivity contribution is -0.150. The van der Waals surface area contributed by atoms with Crippen molar-refractivity contribution in [3.63, 3.8) is 0 Å². The number of hydrogen-bond acceptors (Lipinski definition) is 5. The van der Waals surface area contributed by atoms with Crippen LogP contribution in [0.3, 0.4) is 0 Å². The lowest BCUT2D eigenvalue weighted by Crippen LogP contribution is -2.58. The van der Waals surface area contributed by atoms with Crippen molar-refractivity contribution in [2.45, 2.75) is 77.8 Å². The zero-order valence-electron chi connectivity index (χ0n) is 32.2. The quantitative estimate of drug-likeness (QED) is 0.0754. The molecule has 0 aromatic heterocycles. The Morgan fingerprint density at radius 3 is 1.72 bits per heavy atom. The van der Waals surface area contributed by atoms with Gasteiger partial charge in [-0.05, 0) is 105 Å². The molecule has 0 spiro atoms. The van der Waals surface area contributed by atoms with Crippen LogP contribution in [0.1, 0.15) is 53.4 Å². The van der Waals surface area contributed by atoms with Gasteiger partial charge in [-0.1, -0.05) is 45.7 Å². The summed E-state index contributed by atoms with van der Waals surface area (Å²) in [5.74, 6) is 0.0557. The molecule has 2 bridgehead atoms. The summed E-state index contributed by atoms with van der Waals surface area (Å²) < 4.78 is 29.6. The van der Waals surface area contributed by atoms with Crippen LogP contribution >= 0.6 is 261 Å². The Bertz CT molecular complexity index is 1290. The molecule has 0 saturated heterocycles. The summed E-state index contributed by atoms with van der Waals surface area (Å²) in [5, 5.41) is 0. The normalized spacial score (nSPS) is 27.8. The van der Waals surface area contributed by atoms with Crippen LogP contribution in [0, 0.1) is 16.7 Å². The van der Waals surface area contributed by atoms with Crippen LogP contribution in [0.25, 0.3) is 0 Å². The highest BCUT2D eigenvalue weighted by molar-refractivity contribution is 9.19. The van der Waals surface area contributed by atoms with Crippen LogP contribution in [-0.4, -0.2) is 30.2 Å². The van der Waals surface area contributed by atoms with Crippen LogP contribution in [0.5, 0.6) is 0 Å². The molecular weight excluding hydrogens is 1310 g/mol. The molecule has 29 atom stereocenters. The average molecular weight is 1380 g/mol. The van der Waals surface area contributed by atoms with E-state index in [1.165, 1.54) is 11.1 Å². The Morgan fingerprint density at radius 1 is 0.772 bits per heavy atom. The van der Waals surface area contributed by atoms with E-state index in [4.69, 9.17) is 18.1 Å². The standard InChI is InChI=1S/C20H64O5P32/c1-6-7-8-15(25-45(48(28)29)49(30)31)20(5)10-14(24-46(50(32)33)56(44-27)52(36)37)16-11(2)13(9-12(19(16,3)4)17(18(20)21)22-43-26)23-47(55(42)51(34)35)57(53(38)39)54(40)41/h6,12-15,17,43-44H,1,7-10,26-42H2,2-5H3/t12?,13-,14+,15-,17+,20+,46?,47?,55?,56?/m0/s1. The molecule has 0 N–H and O–H groups in total. The van der Waals surface area contributed by atoms with E-state index in [9.17, 15) is 0 Å². The van der Waals surface area contributed by atoms with Crippen molar-refractivity contribution < 1.29 is 22.9 Å². The molecule has 1 saturated carbocycles. The molecule has 334 valence electrons. The summed E-state index contributed by atoms with van der Waals surface area (Å²) in [5.41, 5.74) is 1.40. The number of Topliss-reactive ketones (excluding diaryl/α,β-unsaturated/α-hetero) is 1. The zero-order valence-corrected chi connectivity index (χ0v) is 65.4. The number of hydrogen-bond donors (Lipinski definition) is 0. The number of ketones is 1. The van der Waals surface area contributed by atoms with Crippen molar-refractivity contribution in [1.82, 2.24) is 0 Å². The van der Waals surface area contributed by atoms with Gasteiger partial charge in [0.2, 0.25) is 0 Å². The van der Waals surface area contributed by atoms with Gasteiger partial charge in [-0.25, -0.2) is 0 Å². The van der Waals surface area contributed by atoms with E-state index in [1.54, 1.807) is 0 Å². The molecule has 24 unspecified atom stereocenters. The fourth-order valence-corrected chi connectivity index (χ4v) is 203. The fraction of sp³-hybridized carbons (Fsp3) is 0.750. The van der Waals surface area contributed by atoms with E-state index in [1.807, 2.05) is 6.08 Å². The van der Waals surface area contributed by atoms with E-state index in [-0.39, 0.29) is 71.9 Å². The summed E-state index contributed by atoms with van der Waals surface area (Å²) >= 11 is 0. The second kappa shape index (κ2) is 32.4. The van der Waals surface area contributed by atoms with Crippen molar-refractivity contribution in [1.29, 1.82) is 0 Å². The van der Waals surface area contributed by atoms with Gasteiger partial charge in [0.25, 0.3) is 0 Å². The molecule has 0 aromatic rings. The molecule has 1 fully saturated rings. The number of carbonyl (C=O) groups is 1. The van der Waals surface area contributed by atoms with Gasteiger partial charge in [-0.3, -0.25) is 4.79 Å². The molecule has 0 heterocycles. The second-order valence-electron chi connectivity index (χ2n) is 13.4. The van der Waals surface area contributed by atoms with Crippen LogP contribution < -0.4 is 0 Å². The minimum atomic E-state index is -0.865. The Labute approximate surface area is 403 Å². The predicted molar refractivity (Wildman–Crippen MR) is 363 cm³/mol. The lowest BCUT2D eigenvalue weighted by atomic mass is 9.55. The van der Waals surface area contributed by atoms with E-state index in [0.29, 0.717) is 6.42 Å². The molecule has 37 heteroatoms. The number of fused-ring (bicyclic) bond motifs is 2. The van der Waals surface area contributed by atoms with Crippen molar-refractivity contribution >= 4 is 266 Å². The van der Waals surface area contributed by atoms with Gasteiger partial charge >= 0.3 is 0 Å². The number of carbonyl (C=O) groups excluding carboxylic acids is 1. The summed E-state index contributed by atoms with van der Waals surface area (Å²) in [6, 6.07) is 0. The summed E-state index contributed by atoms with van der Waals surface area (Å²) in [4.78, 5) is 15.9. The molecule has 0 amide bonds. The van der Waals surface area contributed by atoms with Crippen LogP contribution in [0.2, 0.25) is 0 Å². The molecule has 0 aromatic carbocycles. The minimum absolute atomic E-state index is 0.0982. The van der Waals surface area contributed by atoms with Gasteiger partial charge in [0, 0.05) is 35.4 Å². The van der Waals surface area contributed by atoms with E-state index in [2.05, 4.69) is 186 Å². The largest absolute Gasteiger partial charge is 0.347 e. The van der Waals surface area contributed by atoms with Gasteiger partial charge in [0.15, 0.2) is 5.78 Å². The van der Waals surface area contributed by atoms with Gasteiger partial charge in [0.1, 0.15) is 6.10 Å². The fourth-order valence-electron chi connectivity index (χ4n) is 6.85. The molecule has 0 aliphatic heterocycles. The zero-order chi connectivity index (χ0) is 43.9. The summed E-state index contributed by atoms with van der Waals surface area (Å²) in [7, 11) is 51.0. The number of rotatable bonds is 23. The lowest BCUT2D eigenvalue weighted by Gasteiger charge is -2.55. The van der Waals surface area contributed by atoms with E-state index >= 15 is 4.79 Å². The average Bonchev–Trinajstić information content (AvgIpc) is 3.09. The van der Waals surface area contributed by atoms with Crippen LogP contribution in [0.15, 0.2) is 23.8 Å². The first-order valence-electron chi connectivity index (χ1n) is 16.4. The molecule has 2 aliphatic rings. The highest BCUT2D eigenvalue weighted by Crippen LogP contribution is 3.18. The summed E-state index contributed by atoms with van der Waals surface area (Å²) in [6.45, 7) is 9.09. The van der Waals surface area contributed by atoms with Crippen LogP contribution in [-0.2, 0) is 22.9 Å². The third-order valence-electron chi connectivity index (χ3n) is 9.39. The Hall–Kier alpha value is 12.7. The van der Waals surface area contributed by atoms with E-state index < -0.39 is 76.0 Å². The first kappa shape index (κ1) is 65.9. The number of allylic oxidation sites excluding steroid dienone is 1. The highest BCUT2D eigenvalue weighted by atomic mass is 33.2. The smallest absolute Gasteiger partial charge is 0.170 e. The minimum Gasteiger partial charge on any atom is -0.347 e. The first-order chi connectivity index (χ1) is 26.3. The van der Waals surface area contributed by atoms with Crippen molar-refractivity contribution in [3.05, 3.63) is 23.8 Å². The van der Waals surface area contributed by atoms with Crippen molar-refractivity contribution in [2.75, 3.05) is 0 Å². The molecule has 0 radical (unpaired) electrons. The third-order valence-corrected chi connectivity index (χ3v) is 151. The monoisotopic (exact) mass is 1380 g/mol. The Balaban J connectivity index is 3.12. The third kappa shape index (κ3) is 19.1. The van der Waals surface area contributed by atoms with Crippen molar-refractivity contribution in [3.8, 4) is 0 Å². The maximum atomic E-state index is 15.9.